The molecule has 0 aliphatic heterocycles. The van der Waals surface area contributed by atoms with Gasteiger partial charge in [0.05, 0.1) is 17.7 Å². The van der Waals surface area contributed by atoms with Gasteiger partial charge in [-0.2, -0.15) is 5.10 Å². The molecule has 0 fully saturated rings. The number of aryl methyl sites for hydroxylation is 1. The van der Waals surface area contributed by atoms with E-state index in [2.05, 4.69) is 15.2 Å². The van der Waals surface area contributed by atoms with Crippen LogP contribution in [0, 0.1) is 6.92 Å². The summed E-state index contributed by atoms with van der Waals surface area (Å²) in [5.41, 5.74) is 4.93. The number of ether oxygens (including phenoxy) is 1. The Morgan fingerprint density at radius 2 is 1.61 bits per heavy atom. The van der Waals surface area contributed by atoms with E-state index in [1.165, 1.54) is 30.5 Å². The molecule has 0 spiro atoms. The lowest BCUT2D eigenvalue weighted by Crippen LogP contribution is -2.18. The highest BCUT2D eigenvalue weighted by atomic mass is 32.2. The highest BCUT2D eigenvalue weighted by molar-refractivity contribution is 7.92. The second-order valence-corrected chi connectivity index (χ2v) is 8.38. The third-order valence-corrected chi connectivity index (χ3v) is 5.70. The van der Waals surface area contributed by atoms with Gasteiger partial charge in [-0.15, -0.1) is 0 Å². The van der Waals surface area contributed by atoms with Gasteiger partial charge < -0.3 is 4.74 Å². The number of anilines is 1. The Morgan fingerprint density at radius 3 is 2.23 bits per heavy atom. The summed E-state index contributed by atoms with van der Waals surface area (Å²) >= 11 is 0. The minimum atomic E-state index is -3.70. The molecule has 31 heavy (non-hydrogen) atoms. The molecule has 0 unspecified atom stereocenters. The number of hydrogen-bond acceptors (Lipinski definition) is 5. The maximum Gasteiger partial charge on any atom is 0.271 e. The normalized spacial score (nSPS) is 11.3. The van der Waals surface area contributed by atoms with Crippen molar-refractivity contribution in [3.05, 3.63) is 89.5 Å². The van der Waals surface area contributed by atoms with Crippen LogP contribution in [0.15, 0.2) is 82.8 Å². The predicted molar refractivity (Wildman–Crippen MR) is 121 cm³/mol. The summed E-state index contributed by atoms with van der Waals surface area (Å²) in [6.45, 7) is 4.39. The van der Waals surface area contributed by atoms with Crippen LogP contribution < -0.4 is 14.9 Å². The maximum absolute atomic E-state index is 12.4. The van der Waals surface area contributed by atoms with E-state index in [-0.39, 0.29) is 4.90 Å². The Kier molecular flexibility index (Phi) is 7.04. The van der Waals surface area contributed by atoms with Crippen LogP contribution in [-0.2, 0) is 10.0 Å². The predicted octanol–water partition coefficient (Wildman–Crippen LogP) is 3.96. The molecule has 0 aromatic heterocycles. The fourth-order valence-electron chi connectivity index (χ4n) is 2.67. The van der Waals surface area contributed by atoms with Gasteiger partial charge in [0.15, 0.2) is 0 Å². The van der Waals surface area contributed by atoms with Crippen LogP contribution in [-0.4, -0.2) is 27.1 Å². The van der Waals surface area contributed by atoms with E-state index in [9.17, 15) is 13.2 Å². The van der Waals surface area contributed by atoms with Crippen molar-refractivity contribution in [1.29, 1.82) is 0 Å². The van der Waals surface area contributed by atoms with E-state index < -0.39 is 15.9 Å². The van der Waals surface area contributed by atoms with E-state index in [4.69, 9.17) is 4.74 Å². The number of benzene rings is 3. The van der Waals surface area contributed by atoms with Gasteiger partial charge >= 0.3 is 0 Å². The summed E-state index contributed by atoms with van der Waals surface area (Å²) < 4.78 is 32.8. The molecular weight excluding hydrogens is 414 g/mol. The van der Waals surface area contributed by atoms with Crippen LogP contribution in [0.3, 0.4) is 0 Å². The smallest absolute Gasteiger partial charge is 0.271 e. The topological polar surface area (TPSA) is 96.9 Å². The summed E-state index contributed by atoms with van der Waals surface area (Å²) in [5, 5.41) is 3.95. The molecule has 0 saturated heterocycles. The molecule has 0 radical (unpaired) electrons. The van der Waals surface area contributed by atoms with Gasteiger partial charge in [0.1, 0.15) is 5.75 Å². The van der Waals surface area contributed by atoms with E-state index in [0.717, 1.165) is 16.9 Å². The lowest BCUT2D eigenvalue weighted by atomic mass is 10.2. The minimum absolute atomic E-state index is 0.170. The zero-order chi connectivity index (χ0) is 22.3. The highest BCUT2D eigenvalue weighted by Crippen LogP contribution is 2.17. The van der Waals surface area contributed by atoms with Crippen molar-refractivity contribution in [3.8, 4) is 5.75 Å². The molecule has 1 amide bonds. The molecule has 7 nitrogen and oxygen atoms in total. The number of nitrogens with one attached hydrogen (secondary N) is 2. The number of carbonyl (C=O) groups excluding carboxylic acids is 1. The lowest BCUT2D eigenvalue weighted by Gasteiger charge is -2.09. The Hall–Kier alpha value is -3.65. The van der Waals surface area contributed by atoms with Crippen LogP contribution in [0.4, 0.5) is 5.69 Å². The molecule has 3 aromatic rings. The van der Waals surface area contributed by atoms with Crippen molar-refractivity contribution in [2.45, 2.75) is 18.7 Å². The number of carbonyl (C=O) groups is 1. The first-order chi connectivity index (χ1) is 14.9. The number of sulfonamides is 1. The second-order valence-electron chi connectivity index (χ2n) is 6.70. The fraction of sp³-hybridized carbons (Fsp3) is 0.130. The van der Waals surface area contributed by atoms with E-state index in [1.807, 2.05) is 38.1 Å². The molecule has 8 heteroatoms. The van der Waals surface area contributed by atoms with Gasteiger partial charge in [0.25, 0.3) is 15.9 Å². The minimum Gasteiger partial charge on any atom is -0.494 e. The summed E-state index contributed by atoms with van der Waals surface area (Å²) in [5.74, 6) is 0.358. The van der Waals surface area contributed by atoms with Crippen molar-refractivity contribution >= 4 is 27.8 Å². The molecular formula is C23H23N3O4S. The van der Waals surface area contributed by atoms with Crippen molar-refractivity contribution in [2.75, 3.05) is 11.3 Å². The molecule has 160 valence electrons. The SMILES string of the molecule is CCOc1ccc(/C=N/NC(=O)c2ccc(NS(=O)(=O)c3ccc(C)cc3)cc2)cc1. The first-order valence-corrected chi connectivity index (χ1v) is 11.1. The Labute approximate surface area is 181 Å². The number of hydrogen-bond donors (Lipinski definition) is 2. The summed E-state index contributed by atoms with van der Waals surface area (Å²) in [6.07, 6.45) is 1.53. The van der Waals surface area contributed by atoms with E-state index in [0.29, 0.717) is 17.9 Å². The van der Waals surface area contributed by atoms with Gasteiger partial charge in [-0.05, 0) is 80.1 Å². The van der Waals surface area contributed by atoms with Crippen LogP contribution in [0.5, 0.6) is 5.75 Å². The molecule has 0 aliphatic rings. The van der Waals surface area contributed by atoms with E-state index >= 15 is 0 Å². The first-order valence-electron chi connectivity index (χ1n) is 9.63. The lowest BCUT2D eigenvalue weighted by molar-refractivity contribution is 0.0955. The molecule has 2 N–H and O–H groups in total. The van der Waals surface area contributed by atoms with Gasteiger partial charge in [-0.1, -0.05) is 17.7 Å². The molecule has 0 saturated carbocycles. The van der Waals surface area contributed by atoms with Crippen molar-refractivity contribution in [3.63, 3.8) is 0 Å². The third kappa shape index (κ3) is 6.16. The zero-order valence-corrected chi connectivity index (χ0v) is 18.0. The van der Waals surface area contributed by atoms with Crippen LogP contribution in [0.1, 0.15) is 28.4 Å². The van der Waals surface area contributed by atoms with Crippen LogP contribution in [0.2, 0.25) is 0 Å². The average molecular weight is 438 g/mol. The fourth-order valence-corrected chi connectivity index (χ4v) is 3.73. The molecule has 3 aromatic carbocycles. The quantitative estimate of drug-likeness (QED) is 0.412. The van der Waals surface area contributed by atoms with Gasteiger partial charge in [0.2, 0.25) is 0 Å². The molecule has 3 rings (SSSR count). The van der Waals surface area contributed by atoms with Gasteiger partial charge in [-0.3, -0.25) is 9.52 Å². The molecule has 0 bridgehead atoms. The number of rotatable bonds is 8. The monoisotopic (exact) mass is 437 g/mol. The summed E-state index contributed by atoms with van der Waals surface area (Å²) in [4.78, 5) is 12.4. The Morgan fingerprint density at radius 1 is 0.968 bits per heavy atom. The average Bonchev–Trinajstić information content (AvgIpc) is 2.76. The molecule has 0 atom stereocenters. The zero-order valence-electron chi connectivity index (χ0n) is 17.2. The van der Waals surface area contributed by atoms with Crippen LogP contribution in [0.25, 0.3) is 0 Å². The largest absolute Gasteiger partial charge is 0.494 e. The number of amides is 1. The molecule has 0 aliphatic carbocycles. The highest BCUT2D eigenvalue weighted by Gasteiger charge is 2.14. The third-order valence-electron chi connectivity index (χ3n) is 4.30. The first kappa shape index (κ1) is 22.0. The standard InChI is InChI=1S/C23H23N3O4S/c1-3-30-21-12-6-18(7-13-21)16-24-25-23(27)19-8-10-20(11-9-19)26-31(28,29)22-14-4-17(2)5-15-22/h4-16,26H,3H2,1-2H3,(H,25,27)/b24-16+. The number of hydrazone groups is 1. The summed E-state index contributed by atoms with van der Waals surface area (Å²) in [6, 6.07) is 19.9. The second kappa shape index (κ2) is 9.90. The van der Waals surface area contributed by atoms with Crippen LogP contribution >= 0.6 is 0 Å². The van der Waals surface area contributed by atoms with Crippen molar-refractivity contribution in [2.24, 2.45) is 5.10 Å². The Bertz CT molecular complexity index is 1150. The maximum atomic E-state index is 12.4. The summed E-state index contributed by atoms with van der Waals surface area (Å²) in [7, 11) is -3.70. The number of nitrogens with zero attached hydrogens (tertiary/aromatic N) is 1. The Balaban J connectivity index is 1.59. The molecule has 0 heterocycles. The van der Waals surface area contributed by atoms with E-state index in [1.54, 1.807) is 24.3 Å². The van der Waals surface area contributed by atoms with Crippen molar-refractivity contribution in [1.82, 2.24) is 5.43 Å². The van der Waals surface area contributed by atoms with Crippen molar-refractivity contribution < 1.29 is 17.9 Å². The van der Waals surface area contributed by atoms with Gasteiger partial charge in [0, 0.05) is 11.3 Å². The van der Waals surface area contributed by atoms with Gasteiger partial charge in [-0.25, -0.2) is 13.8 Å².